The van der Waals surface area contributed by atoms with E-state index in [1.165, 1.54) is 6.92 Å². The predicted molar refractivity (Wildman–Crippen MR) is 89.3 cm³/mol. The summed E-state index contributed by atoms with van der Waals surface area (Å²) in [4.78, 5) is 21.1. The molecule has 0 aromatic carbocycles. The molecule has 138 valence electrons. The molecule has 0 aromatic heterocycles. The maximum Gasteiger partial charge on any atom is 0.305 e. The summed E-state index contributed by atoms with van der Waals surface area (Å²) in [6, 6.07) is 0. The summed E-state index contributed by atoms with van der Waals surface area (Å²) >= 11 is 0. The number of methoxy groups -OCH3 is 2. The van der Waals surface area contributed by atoms with Gasteiger partial charge in [0.25, 0.3) is 0 Å². The molecule has 0 aliphatic carbocycles. The highest BCUT2D eigenvalue weighted by Crippen LogP contribution is 2.13. The average Bonchev–Trinajstić information content (AvgIpc) is 2.47. The fraction of sp³-hybridized carbons (Fsp3) is 0.882. The summed E-state index contributed by atoms with van der Waals surface area (Å²) in [6.45, 7) is 11.9. The van der Waals surface area contributed by atoms with E-state index in [-0.39, 0.29) is 23.1 Å². The minimum Gasteiger partial charge on any atom is -0.466 e. The summed E-state index contributed by atoms with van der Waals surface area (Å²) in [5.41, 5.74) is -0.399. The molecule has 0 amide bonds. The third-order valence-corrected chi connectivity index (χ3v) is 3.37. The molecule has 0 fully saturated rings. The molecule has 6 nitrogen and oxygen atoms in total. The Balaban J connectivity index is 0. The second kappa shape index (κ2) is 12.3. The molecule has 0 unspecified atom stereocenters. The number of hydrogen-bond donors (Lipinski definition) is 0. The molecule has 0 radical (unpaired) electrons. The second-order valence-electron chi connectivity index (χ2n) is 6.34. The van der Waals surface area contributed by atoms with Crippen molar-refractivity contribution < 1.29 is 28.5 Å². The van der Waals surface area contributed by atoms with E-state index < -0.39 is 0 Å². The monoisotopic (exact) mass is 334 g/mol. The van der Waals surface area contributed by atoms with E-state index in [0.717, 1.165) is 12.8 Å². The van der Waals surface area contributed by atoms with Crippen molar-refractivity contribution in [2.75, 3.05) is 27.4 Å². The van der Waals surface area contributed by atoms with Crippen LogP contribution in [0.4, 0.5) is 0 Å². The fourth-order valence-corrected chi connectivity index (χ4v) is 1.16. The smallest absolute Gasteiger partial charge is 0.305 e. The molecule has 0 saturated heterocycles. The van der Waals surface area contributed by atoms with E-state index in [1.54, 1.807) is 21.1 Å². The standard InChI is InChI=1S/C9H18O3.C8H16O3/c1-5-8(10)12-7-6-9(2,3)11-4;1-7(9)11-6-5-8(2,3)10-4/h5-7H2,1-4H3;5-6H2,1-4H3. The molecule has 0 atom stereocenters. The Morgan fingerprint density at radius 2 is 1.22 bits per heavy atom. The highest BCUT2D eigenvalue weighted by molar-refractivity contribution is 5.68. The van der Waals surface area contributed by atoms with Gasteiger partial charge in [0.15, 0.2) is 0 Å². The van der Waals surface area contributed by atoms with Gasteiger partial charge in [-0.1, -0.05) is 6.92 Å². The summed E-state index contributed by atoms with van der Waals surface area (Å²) in [6.07, 6.45) is 1.89. The van der Waals surface area contributed by atoms with Crippen molar-refractivity contribution in [2.45, 2.75) is 72.0 Å². The Hall–Kier alpha value is -1.14. The van der Waals surface area contributed by atoms with Gasteiger partial charge in [-0.05, 0) is 27.7 Å². The van der Waals surface area contributed by atoms with Gasteiger partial charge in [0.1, 0.15) is 0 Å². The Morgan fingerprint density at radius 1 is 0.826 bits per heavy atom. The highest BCUT2D eigenvalue weighted by Gasteiger charge is 2.16. The first-order valence-corrected chi connectivity index (χ1v) is 7.89. The lowest BCUT2D eigenvalue weighted by Gasteiger charge is -2.22. The predicted octanol–water partition coefficient (Wildman–Crippen LogP) is 3.12. The number of carbonyl (C=O) groups excluding carboxylic acids is 2. The van der Waals surface area contributed by atoms with Crippen molar-refractivity contribution in [3.8, 4) is 0 Å². The summed E-state index contributed by atoms with van der Waals surface area (Å²) in [7, 11) is 3.30. The summed E-state index contributed by atoms with van der Waals surface area (Å²) in [5, 5.41) is 0. The average molecular weight is 334 g/mol. The zero-order valence-electron chi connectivity index (χ0n) is 16.0. The molecule has 23 heavy (non-hydrogen) atoms. The van der Waals surface area contributed by atoms with Crippen LogP contribution in [-0.2, 0) is 28.5 Å². The van der Waals surface area contributed by atoms with Crippen LogP contribution in [0.25, 0.3) is 0 Å². The van der Waals surface area contributed by atoms with Crippen molar-refractivity contribution in [3.63, 3.8) is 0 Å². The van der Waals surface area contributed by atoms with Crippen molar-refractivity contribution in [1.82, 2.24) is 0 Å². The second-order valence-corrected chi connectivity index (χ2v) is 6.34. The molecular formula is C17H34O6. The molecule has 0 spiro atoms. The van der Waals surface area contributed by atoms with Gasteiger partial charge in [-0.2, -0.15) is 0 Å². The molecule has 6 heteroatoms. The van der Waals surface area contributed by atoms with Crippen molar-refractivity contribution in [2.24, 2.45) is 0 Å². The van der Waals surface area contributed by atoms with Gasteiger partial charge >= 0.3 is 11.9 Å². The lowest BCUT2D eigenvalue weighted by Crippen LogP contribution is -2.25. The van der Waals surface area contributed by atoms with E-state index in [1.807, 2.05) is 27.7 Å². The van der Waals surface area contributed by atoms with E-state index >= 15 is 0 Å². The SMILES string of the molecule is CCC(=O)OCCC(C)(C)OC.COC(C)(C)CCOC(C)=O. The first-order chi connectivity index (χ1) is 10.5. The van der Waals surface area contributed by atoms with E-state index in [2.05, 4.69) is 0 Å². The van der Waals surface area contributed by atoms with Gasteiger partial charge in [-0.15, -0.1) is 0 Å². The third kappa shape index (κ3) is 17.1. The van der Waals surface area contributed by atoms with Gasteiger partial charge in [0.2, 0.25) is 0 Å². The third-order valence-electron chi connectivity index (χ3n) is 3.37. The number of ether oxygens (including phenoxy) is 4. The molecule has 0 bridgehead atoms. The quantitative estimate of drug-likeness (QED) is 0.603. The van der Waals surface area contributed by atoms with Gasteiger partial charge in [0.05, 0.1) is 24.4 Å². The molecule has 0 saturated carbocycles. The van der Waals surface area contributed by atoms with E-state index in [0.29, 0.717) is 19.6 Å². The Bertz CT molecular complexity index is 336. The molecule has 0 N–H and O–H groups in total. The van der Waals surface area contributed by atoms with E-state index in [9.17, 15) is 9.59 Å². The van der Waals surface area contributed by atoms with Gasteiger partial charge < -0.3 is 18.9 Å². The summed E-state index contributed by atoms with van der Waals surface area (Å²) in [5.74, 6) is -0.390. The highest BCUT2D eigenvalue weighted by atomic mass is 16.5. The number of rotatable bonds is 9. The van der Waals surface area contributed by atoms with Crippen LogP contribution in [0.5, 0.6) is 0 Å². The molecule has 0 rings (SSSR count). The number of carbonyl (C=O) groups is 2. The topological polar surface area (TPSA) is 71.1 Å². The lowest BCUT2D eigenvalue weighted by atomic mass is 10.1. The number of esters is 2. The Morgan fingerprint density at radius 3 is 1.52 bits per heavy atom. The first-order valence-electron chi connectivity index (χ1n) is 7.89. The van der Waals surface area contributed by atoms with Crippen LogP contribution in [0.1, 0.15) is 60.8 Å². The van der Waals surface area contributed by atoms with Crippen LogP contribution in [0.3, 0.4) is 0 Å². The maximum absolute atomic E-state index is 10.7. The van der Waals surface area contributed by atoms with Crippen molar-refractivity contribution >= 4 is 11.9 Å². The van der Waals surface area contributed by atoms with Gasteiger partial charge in [0, 0.05) is 40.4 Å². The minimum atomic E-state index is -0.239. The Labute approximate surface area is 140 Å². The maximum atomic E-state index is 10.7. The first kappa shape index (κ1) is 24.1. The zero-order valence-corrected chi connectivity index (χ0v) is 16.0. The van der Waals surface area contributed by atoms with Gasteiger partial charge in [-0.25, -0.2) is 0 Å². The molecule has 0 aromatic rings. The molecular weight excluding hydrogens is 300 g/mol. The minimum absolute atomic E-state index is 0.151. The van der Waals surface area contributed by atoms with Crippen LogP contribution in [0, 0.1) is 0 Å². The van der Waals surface area contributed by atoms with Crippen LogP contribution in [0.15, 0.2) is 0 Å². The van der Waals surface area contributed by atoms with Crippen LogP contribution in [-0.4, -0.2) is 50.6 Å². The lowest BCUT2D eigenvalue weighted by molar-refractivity contribution is -0.145. The van der Waals surface area contributed by atoms with Crippen LogP contribution >= 0.6 is 0 Å². The fourth-order valence-electron chi connectivity index (χ4n) is 1.16. The van der Waals surface area contributed by atoms with Crippen LogP contribution < -0.4 is 0 Å². The molecule has 0 heterocycles. The van der Waals surface area contributed by atoms with Crippen LogP contribution in [0.2, 0.25) is 0 Å². The normalized spacial score (nSPS) is 11.3. The molecule has 0 aliphatic heterocycles. The van der Waals surface area contributed by atoms with Crippen molar-refractivity contribution in [3.05, 3.63) is 0 Å². The zero-order chi connectivity index (χ0) is 18.5. The Kier molecular flexibility index (Phi) is 12.9. The molecule has 0 aliphatic rings. The number of hydrogen-bond acceptors (Lipinski definition) is 6. The largest absolute Gasteiger partial charge is 0.466 e. The van der Waals surface area contributed by atoms with E-state index in [4.69, 9.17) is 18.9 Å². The van der Waals surface area contributed by atoms with Crippen molar-refractivity contribution in [1.29, 1.82) is 0 Å². The van der Waals surface area contributed by atoms with Gasteiger partial charge in [-0.3, -0.25) is 9.59 Å². The summed E-state index contributed by atoms with van der Waals surface area (Å²) < 4.78 is 20.0.